The van der Waals surface area contributed by atoms with Crippen molar-refractivity contribution in [2.45, 2.75) is 20.0 Å². The molecule has 0 amide bonds. The van der Waals surface area contributed by atoms with Crippen molar-refractivity contribution < 1.29 is 0 Å². The van der Waals surface area contributed by atoms with Gasteiger partial charge in [-0.05, 0) is 57.0 Å². The van der Waals surface area contributed by atoms with Crippen molar-refractivity contribution in [2.75, 3.05) is 57.0 Å². The van der Waals surface area contributed by atoms with E-state index in [9.17, 15) is 4.79 Å². The summed E-state index contributed by atoms with van der Waals surface area (Å²) in [6.45, 7) is 12.4. The van der Waals surface area contributed by atoms with Crippen LogP contribution in [0.1, 0.15) is 12.6 Å². The number of hydrogen-bond acceptors (Lipinski definition) is 8. The van der Waals surface area contributed by atoms with Gasteiger partial charge >= 0.3 is 0 Å². The van der Waals surface area contributed by atoms with Crippen LogP contribution in [0.2, 0.25) is 0 Å². The van der Waals surface area contributed by atoms with Crippen LogP contribution in [0.4, 0.5) is 17.3 Å². The van der Waals surface area contributed by atoms with E-state index in [4.69, 9.17) is 9.97 Å². The van der Waals surface area contributed by atoms with E-state index in [1.54, 1.807) is 21.6 Å². The number of piperazine rings is 1. The molecule has 3 aromatic heterocycles. The van der Waals surface area contributed by atoms with Crippen LogP contribution in [-0.2, 0) is 13.1 Å². The molecule has 0 radical (unpaired) electrons. The molecule has 0 saturated carbocycles. The number of hydrogen-bond donors (Lipinski definition) is 1. The van der Waals surface area contributed by atoms with Gasteiger partial charge in [-0.3, -0.25) is 4.79 Å². The molecule has 0 aliphatic carbocycles. The first-order chi connectivity index (χ1) is 18.5. The van der Waals surface area contributed by atoms with Gasteiger partial charge in [0.25, 0.3) is 5.56 Å². The first kappa shape index (κ1) is 25.6. The maximum Gasteiger partial charge on any atom is 0.278 e. The van der Waals surface area contributed by atoms with E-state index < -0.39 is 0 Å². The van der Waals surface area contributed by atoms with Gasteiger partial charge in [0.15, 0.2) is 11.5 Å². The highest BCUT2D eigenvalue weighted by Crippen LogP contribution is 2.22. The molecule has 1 N–H and O–H groups in total. The van der Waals surface area contributed by atoms with Gasteiger partial charge in [-0.1, -0.05) is 19.1 Å². The summed E-state index contributed by atoms with van der Waals surface area (Å²) in [5.74, 6) is 1.03. The summed E-state index contributed by atoms with van der Waals surface area (Å²) in [4.78, 5) is 34.2. The molecular formula is C28H35N9O. The normalized spacial score (nSPS) is 14.4. The van der Waals surface area contributed by atoms with Crippen molar-refractivity contribution in [3.63, 3.8) is 0 Å². The van der Waals surface area contributed by atoms with E-state index in [1.165, 1.54) is 5.69 Å². The standard InChI is InChI=1S/C28H35N9O/c1-5-14-36-27(38)24-19-29-28(32-26(24)37(36)25-9-7-8-22(30-25)20-33(3)4)31-21-10-12-23(13-11-21)35-17-15-34(6-2)16-18-35/h5,7-13,19H,1,6,14-18,20H2,2-4H3,(H,29,31,32). The number of pyridine rings is 1. The average molecular weight is 514 g/mol. The molecule has 198 valence electrons. The van der Waals surface area contributed by atoms with E-state index in [0.29, 0.717) is 35.9 Å². The molecule has 1 aliphatic rings. The summed E-state index contributed by atoms with van der Waals surface area (Å²) in [5, 5.41) is 3.73. The maximum atomic E-state index is 13.2. The molecular weight excluding hydrogens is 478 g/mol. The fourth-order valence-electron chi connectivity index (χ4n) is 4.81. The average Bonchev–Trinajstić information content (AvgIpc) is 3.20. The lowest BCUT2D eigenvalue weighted by Gasteiger charge is -2.35. The molecule has 0 bridgehead atoms. The van der Waals surface area contributed by atoms with Gasteiger partial charge < -0.3 is 20.0 Å². The summed E-state index contributed by atoms with van der Waals surface area (Å²) in [6.07, 6.45) is 3.27. The number of nitrogens with one attached hydrogen (secondary N) is 1. The Labute approximate surface area is 222 Å². The topological polar surface area (TPSA) is 87.3 Å². The van der Waals surface area contributed by atoms with Crippen LogP contribution in [-0.4, -0.2) is 80.9 Å². The van der Waals surface area contributed by atoms with Gasteiger partial charge in [-0.15, -0.1) is 6.58 Å². The molecule has 0 unspecified atom stereocenters. The quantitative estimate of drug-likeness (QED) is 0.342. The number of aromatic nitrogens is 5. The number of benzene rings is 1. The van der Waals surface area contributed by atoms with Crippen LogP contribution in [0, 0.1) is 0 Å². The number of rotatable bonds is 9. The fourth-order valence-corrected chi connectivity index (χ4v) is 4.81. The van der Waals surface area contributed by atoms with Gasteiger partial charge in [0, 0.05) is 50.3 Å². The van der Waals surface area contributed by atoms with Gasteiger partial charge in [-0.25, -0.2) is 19.3 Å². The number of nitrogens with zero attached hydrogens (tertiary/aromatic N) is 8. The van der Waals surface area contributed by atoms with Gasteiger partial charge in [0.2, 0.25) is 5.95 Å². The second-order valence-corrected chi connectivity index (χ2v) is 9.74. The molecule has 1 fully saturated rings. The Morgan fingerprint density at radius 2 is 1.82 bits per heavy atom. The zero-order valence-electron chi connectivity index (χ0n) is 22.3. The predicted octanol–water partition coefficient (Wildman–Crippen LogP) is 3.11. The van der Waals surface area contributed by atoms with Gasteiger partial charge in [-0.2, -0.15) is 4.98 Å². The van der Waals surface area contributed by atoms with E-state index in [0.717, 1.165) is 44.1 Å². The number of likely N-dealkylation sites (N-methyl/N-ethyl adjacent to an activating group) is 1. The molecule has 10 nitrogen and oxygen atoms in total. The summed E-state index contributed by atoms with van der Waals surface area (Å²) in [5.41, 5.74) is 3.30. The minimum absolute atomic E-state index is 0.182. The summed E-state index contributed by atoms with van der Waals surface area (Å²) >= 11 is 0. The van der Waals surface area contributed by atoms with Gasteiger partial charge in [0.05, 0.1) is 12.2 Å². The lowest BCUT2D eigenvalue weighted by atomic mass is 10.2. The van der Waals surface area contributed by atoms with Crippen molar-refractivity contribution in [3.8, 4) is 5.82 Å². The van der Waals surface area contributed by atoms with Crippen molar-refractivity contribution in [1.82, 2.24) is 34.1 Å². The molecule has 10 heteroatoms. The zero-order valence-corrected chi connectivity index (χ0v) is 22.3. The lowest BCUT2D eigenvalue weighted by molar-refractivity contribution is 0.271. The molecule has 38 heavy (non-hydrogen) atoms. The highest BCUT2D eigenvalue weighted by Gasteiger charge is 2.19. The largest absolute Gasteiger partial charge is 0.369 e. The Bertz CT molecular complexity index is 1460. The predicted molar refractivity (Wildman–Crippen MR) is 153 cm³/mol. The molecule has 1 aliphatic heterocycles. The second-order valence-electron chi connectivity index (χ2n) is 9.74. The van der Waals surface area contributed by atoms with Crippen LogP contribution in [0.15, 0.2) is 66.1 Å². The van der Waals surface area contributed by atoms with Crippen molar-refractivity contribution in [1.29, 1.82) is 0 Å². The Morgan fingerprint density at radius 3 is 2.50 bits per heavy atom. The molecule has 1 aromatic carbocycles. The first-order valence-corrected chi connectivity index (χ1v) is 13.0. The molecule has 5 rings (SSSR count). The second kappa shape index (κ2) is 11.2. The van der Waals surface area contributed by atoms with Crippen molar-refractivity contribution >= 4 is 28.4 Å². The Balaban J connectivity index is 1.45. The minimum atomic E-state index is -0.182. The number of allylic oxidation sites excluding steroid dienone is 1. The third kappa shape index (κ3) is 5.32. The maximum absolute atomic E-state index is 13.2. The van der Waals surface area contributed by atoms with Crippen LogP contribution in [0.3, 0.4) is 0 Å². The van der Waals surface area contributed by atoms with Crippen molar-refractivity contribution in [3.05, 3.63) is 77.4 Å². The van der Waals surface area contributed by atoms with Crippen LogP contribution < -0.4 is 15.8 Å². The fraction of sp³-hybridized carbons (Fsp3) is 0.357. The highest BCUT2D eigenvalue weighted by atomic mass is 16.1. The SMILES string of the molecule is C=CCn1c(=O)c2cnc(Nc3ccc(N4CCN(CC)CC4)cc3)nc2n1-c1cccc(CN(C)C)n1. The number of anilines is 3. The third-order valence-electron chi connectivity index (χ3n) is 6.77. The van der Waals surface area contributed by atoms with Crippen LogP contribution in [0.5, 0.6) is 0 Å². The molecule has 0 atom stereocenters. The monoisotopic (exact) mass is 513 g/mol. The summed E-state index contributed by atoms with van der Waals surface area (Å²) in [6, 6.07) is 14.1. The number of fused-ring (bicyclic) bond motifs is 1. The molecule has 4 heterocycles. The summed E-state index contributed by atoms with van der Waals surface area (Å²) in [7, 11) is 3.99. The van der Waals surface area contributed by atoms with E-state index in [2.05, 4.69) is 50.6 Å². The zero-order chi connectivity index (χ0) is 26.6. The van der Waals surface area contributed by atoms with Crippen LogP contribution in [0.25, 0.3) is 16.9 Å². The van der Waals surface area contributed by atoms with E-state index >= 15 is 0 Å². The Kier molecular flexibility index (Phi) is 7.52. The van der Waals surface area contributed by atoms with Gasteiger partial charge in [0.1, 0.15) is 5.39 Å². The molecule has 1 saturated heterocycles. The lowest BCUT2D eigenvalue weighted by Crippen LogP contribution is -2.46. The first-order valence-electron chi connectivity index (χ1n) is 13.0. The molecule has 0 spiro atoms. The van der Waals surface area contributed by atoms with Crippen molar-refractivity contribution in [2.24, 2.45) is 0 Å². The third-order valence-corrected chi connectivity index (χ3v) is 6.77. The summed E-state index contributed by atoms with van der Waals surface area (Å²) < 4.78 is 3.34. The smallest absolute Gasteiger partial charge is 0.278 e. The highest BCUT2D eigenvalue weighted by molar-refractivity contribution is 5.77. The Morgan fingerprint density at radius 1 is 1.05 bits per heavy atom. The molecule has 4 aromatic rings. The minimum Gasteiger partial charge on any atom is -0.369 e. The van der Waals surface area contributed by atoms with E-state index in [-0.39, 0.29) is 5.56 Å². The van der Waals surface area contributed by atoms with E-state index in [1.807, 2.05) is 44.4 Å². The Hall–Kier alpha value is -4.02. The van der Waals surface area contributed by atoms with Crippen LogP contribution >= 0.6 is 0 Å².